The van der Waals surface area contributed by atoms with E-state index in [1.165, 1.54) is 0 Å². The fraction of sp³-hybridized carbons (Fsp3) is 0.438. The van der Waals surface area contributed by atoms with Crippen LogP contribution in [0.5, 0.6) is 0 Å². The average molecular weight is 285 g/mol. The molecular formula is C16H23N5. The molecule has 0 unspecified atom stereocenters. The first kappa shape index (κ1) is 14.1. The number of piperazine rings is 1. The highest BCUT2D eigenvalue weighted by molar-refractivity contribution is 5.96. The van der Waals surface area contributed by atoms with Crippen molar-refractivity contribution in [2.45, 2.75) is 0 Å². The van der Waals surface area contributed by atoms with Crippen molar-refractivity contribution >= 4 is 22.3 Å². The smallest absolute Gasteiger partial charge is 0.0724 e. The highest BCUT2D eigenvalue weighted by Gasteiger charge is 2.13. The number of pyridine rings is 1. The molecule has 1 aromatic heterocycles. The van der Waals surface area contributed by atoms with Gasteiger partial charge < -0.3 is 16.0 Å². The number of hydrogen-bond acceptors (Lipinski definition) is 5. The highest BCUT2D eigenvalue weighted by Crippen LogP contribution is 2.27. The summed E-state index contributed by atoms with van der Waals surface area (Å²) in [4.78, 5) is 9.19. The number of anilines is 2. The molecule has 5 heteroatoms. The van der Waals surface area contributed by atoms with Crippen molar-refractivity contribution in [3.8, 4) is 0 Å². The topological polar surface area (TPSA) is 57.4 Å². The Morgan fingerprint density at radius 2 is 2.00 bits per heavy atom. The summed E-state index contributed by atoms with van der Waals surface area (Å²) in [7, 11) is 2.18. The minimum Gasteiger partial charge on any atom is -0.397 e. The van der Waals surface area contributed by atoms with Crippen molar-refractivity contribution in [2.24, 2.45) is 0 Å². The summed E-state index contributed by atoms with van der Waals surface area (Å²) >= 11 is 0. The molecule has 2 aromatic rings. The number of nitrogen functional groups attached to an aromatic ring is 1. The molecular weight excluding hydrogens is 262 g/mol. The van der Waals surface area contributed by atoms with Crippen LogP contribution in [0, 0.1) is 0 Å². The lowest BCUT2D eigenvalue weighted by atomic mass is 10.1. The lowest BCUT2D eigenvalue weighted by Crippen LogP contribution is -2.45. The zero-order chi connectivity index (χ0) is 14.7. The molecule has 1 fully saturated rings. The van der Waals surface area contributed by atoms with Gasteiger partial charge in [0.15, 0.2) is 0 Å². The standard InChI is InChI=1S/C16H23N5/c1-20-9-11-21(12-10-20)8-7-19-15-5-4-14-13(16(15)17)3-2-6-18-14/h2-6,19H,7-12,17H2,1H3. The number of likely N-dealkylation sites (N-methyl/N-ethyl adjacent to an activating group) is 1. The molecule has 1 saturated heterocycles. The van der Waals surface area contributed by atoms with Gasteiger partial charge in [0, 0.05) is 50.9 Å². The van der Waals surface area contributed by atoms with Crippen LogP contribution in [0.1, 0.15) is 0 Å². The van der Waals surface area contributed by atoms with Gasteiger partial charge in [0.25, 0.3) is 0 Å². The van der Waals surface area contributed by atoms with Gasteiger partial charge in [-0.05, 0) is 31.3 Å². The van der Waals surface area contributed by atoms with Crippen LogP contribution >= 0.6 is 0 Å². The molecule has 0 aliphatic carbocycles. The quantitative estimate of drug-likeness (QED) is 0.833. The molecule has 21 heavy (non-hydrogen) atoms. The lowest BCUT2D eigenvalue weighted by molar-refractivity contribution is 0.158. The van der Waals surface area contributed by atoms with Crippen molar-refractivity contribution in [2.75, 3.05) is 57.4 Å². The first-order chi connectivity index (χ1) is 10.2. The lowest BCUT2D eigenvalue weighted by Gasteiger charge is -2.32. The zero-order valence-electron chi connectivity index (χ0n) is 12.5. The molecule has 0 spiro atoms. The van der Waals surface area contributed by atoms with E-state index in [9.17, 15) is 0 Å². The Balaban J connectivity index is 1.59. The monoisotopic (exact) mass is 285 g/mol. The summed E-state index contributed by atoms with van der Waals surface area (Å²) in [5.41, 5.74) is 8.97. The molecule has 0 saturated carbocycles. The van der Waals surface area contributed by atoms with Crippen LogP contribution < -0.4 is 11.1 Å². The molecule has 5 nitrogen and oxygen atoms in total. The Morgan fingerprint density at radius 1 is 1.19 bits per heavy atom. The third-order valence-electron chi connectivity index (χ3n) is 4.17. The minimum atomic E-state index is 0.791. The maximum atomic E-state index is 6.23. The summed E-state index contributed by atoms with van der Waals surface area (Å²) in [5, 5.41) is 4.47. The molecule has 0 atom stereocenters. The molecule has 0 bridgehead atoms. The number of hydrogen-bond donors (Lipinski definition) is 2. The van der Waals surface area contributed by atoms with Crippen molar-refractivity contribution in [3.63, 3.8) is 0 Å². The van der Waals surface area contributed by atoms with Crippen molar-refractivity contribution in [1.82, 2.24) is 14.8 Å². The van der Waals surface area contributed by atoms with Crippen LogP contribution in [-0.4, -0.2) is 61.1 Å². The Bertz CT molecular complexity index is 605. The van der Waals surface area contributed by atoms with E-state index in [0.29, 0.717) is 0 Å². The summed E-state index contributed by atoms with van der Waals surface area (Å²) in [5.74, 6) is 0. The largest absolute Gasteiger partial charge is 0.397 e. The van der Waals surface area contributed by atoms with Crippen molar-refractivity contribution in [1.29, 1.82) is 0 Å². The van der Waals surface area contributed by atoms with Crippen LogP contribution in [0.15, 0.2) is 30.5 Å². The van der Waals surface area contributed by atoms with E-state index >= 15 is 0 Å². The van der Waals surface area contributed by atoms with Gasteiger partial charge in [-0.3, -0.25) is 9.88 Å². The molecule has 2 heterocycles. The van der Waals surface area contributed by atoms with Crippen LogP contribution in [0.2, 0.25) is 0 Å². The van der Waals surface area contributed by atoms with E-state index in [-0.39, 0.29) is 0 Å². The number of fused-ring (bicyclic) bond motifs is 1. The van der Waals surface area contributed by atoms with E-state index in [2.05, 4.69) is 27.1 Å². The van der Waals surface area contributed by atoms with Crippen LogP contribution in [-0.2, 0) is 0 Å². The van der Waals surface area contributed by atoms with Gasteiger partial charge in [0.2, 0.25) is 0 Å². The fourth-order valence-electron chi connectivity index (χ4n) is 2.75. The molecule has 1 aliphatic heterocycles. The van der Waals surface area contributed by atoms with Gasteiger partial charge in [-0.25, -0.2) is 0 Å². The van der Waals surface area contributed by atoms with Gasteiger partial charge in [-0.1, -0.05) is 0 Å². The first-order valence-electron chi connectivity index (χ1n) is 7.52. The van der Waals surface area contributed by atoms with E-state index in [4.69, 9.17) is 5.73 Å². The number of nitrogens with zero attached hydrogens (tertiary/aromatic N) is 3. The molecule has 0 radical (unpaired) electrons. The second kappa shape index (κ2) is 6.28. The van der Waals surface area contributed by atoms with Gasteiger partial charge in [-0.2, -0.15) is 0 Å². The van der Waals surface area contributed by atoms with Crippen LogP contribution in [0.25, 0.3) is 10.9 Å². The maximum absolute atomic E-state index is 6.23. The van der Waals surface area contributed by atoms with Crippen LogP contribution in [0.4, 0.5) is 11.4 Å². The molecule has 0 amide bonds. The predicted octanol–water partition coefficient (Wildman–Crippen LogP) is 1.48. The SMILES string of the molecule is CN1CCN(CCNc2ccc3ncccc3c2N)CC1. The maximum Gasteiger partial charge on any atom is 0.0724 e. The van der Waals surface area contributed by atoms with Crippen molar-refractivity contribution in [3.05, 3.63) is 30.5 Å². The molecule has 112 valence electrons. The Labute approximate surface area is 125 Å². The first-order valence-corrected chi connectivity index (χ1v) is 7.52. The van der Waals surface area contributed by atoms with Gasteiger partial charge in [0.1, 0.15) is 0 Å². The van der Waals surface area contributed by atoms with Gasteiger partial charge >= 0.3 is 0 Å². The second-order valence-electron chi connectivity index (χ2n) is 5.67. The van der Waals surface area contributed by atoms with E-state index in [0.717, 1.165) is 61.5 Å². The van der Waals surface area contributed by atoms with E-state index in [1.54, 1.807) is 6.20 Å². The Hall–Kier alpha value is -1.85. The number of nitrogens with two attached hydrogens (primary N) is 1. The fourth-order valence-corrected chi connectivity index (χ4v) is 2.75. The third-order valence-corrected chi connectivity index (χ3v) is 4.17. The number of benzene rings is 1. The van der Waals surface area contributed by atoms with Gasteiger partial charge in [0.05, 0.1) is 16.9 Å². The summed E-state index contributed by atoms with van der Waals surface area (Å²) in [6, 6.07) is 7.98. The van der Waals surface area contributed by atoms with Crippen molar-refractivity contribution < 1.29 is 0 Å². The molecule has 1 aliphatic rings. The minimum absolute atomic E-state index is 0.791. The highest BCUT2D eigenvalue weighted by atomic mass is 15.2. The van der Waals surface area contributed by atoms with Gasteiger partial charge in [-0.15, -0.1) is 0 Å². The van der Waals surface area contributed by atoms with E-state index < -0.39 is 0 Å². The third kappa shape index (κ3) is 3.25. The average Bonchev–Trinajstić information content (AvgIpc) is 2.52. The second-order valence-corrected chi connectivity index (χ2v) is 5.67. The molecule has 1 aromatic carbocycles. The normalized spacial score (nSPS) is 17.2. The Morgan fingerprint density at radius 3 is 2.81 bits per heavy atom. The van der Waals surface area contributed by atoms with E-state index in [1.807, 2.05) is 24.3 Å². The van der Waals surface area contributed by atoms with Crippen LogP contribution in [0.3, 0.4) is 0 Å². The number of nitrogens with one attached hydrogen (secondary N) is 1. The predicted molar refractivity (Wildman–Crippen MR) is 88.6 cm³/mol. The molecule has 3 N–H and O–H groups in total. The summed E-state index contributed by atoms with van der Waals surface area (Å²) in [6.45, 7) is 6.58. The summed E-state index contributed by atoms with van der Waals surface area (Å²) in [6.07, 6.45) is 1.79. The Kier molecular flexibility index (Phi) is 4.22. The number of aromatic nitrogens is 1. The number of rotatable bonds is 4. The zero-order valence-corrected chi connectivity index (χ0v) is 12.5. The summed E-state index contributed by atoms with van der Waals surface area (Å²) < 4.78 is 0. The molecule has 3 rings (SSSR count).